The van der Waals surface area contributed by atoms with E-state index in [-0.39, 0.29) is 0 Å². The molecule has 0 heterocycles. The molecule has 0 saturated heterocycles. The van der Waals surface area contributed by atoms with Gasteiger partial charge in [-0.1, -0.05) is 189 Å². The van der Waals surface area contributed by atoms with E-state index in [1.54, 1.807) is 0 Å². The zero-order valence-electron chi connectivity index (χ0n) is 31.0. The fraction of sp³-hybridized carbons (Fsp3) is 0. The molecule has 10 rings (SSSR count). The molecule has 56 heavy (non-hydrogen) atoms. The fourth-order valence-electron chi connectivity index (χ4n) is 8.59. The van der Waals surface area contributed by atoms with Crippen LogP contribution in [-0.4, -0.2) is 0 Å². The lowest BCUT2D eigenvalue weighted by atomic mass is 9.85. The monoisotopic (exact) mass is 710 g/mol. The molecule has 0 radical (unpaired) electrons. The lowest BCUT2D eigenvalue weighted by molar-refractivity contribution is 1.62. The average molecular weight is 711 g/mol. The van der Waals surface area contributed by atoms with Crippen LogP contribution in [0.3, 0.4) is 0 Å². The first-order valence-electron chi connectivity index (χ1n) is 19.2. The maximum Gasteiger partial charge on any atom is -0.00923 e. The Balaban J connectivity index is 1.26. The van der Waals surface area contributed by atoms with E-state index in [1.165, 1.54) is 98.4 Å². The Morgan fingerprint density at radius 2 is 0.911 bits per heavy atom. The van der Waals surface area contributed by atoms with Crippen LogP contribution in [0.2, 0.25) is 0 Å². The van der Waals surface area contributed by atoms with E-state index < -0.39 is 0 Å². The second kappa shape index (κ2) is 13.9. The third-order valence-electron chi connectivity index (χ3n) is 11.4. The van der Waals surface area contributed by atoms with E-state index in [4.69, 9.17) is 0 Å². The first-order chi connectivity index (χ1) is 27.7. The highest BCUT2D eigenvalue weighted by atomic mass is 14.2. The average Bonchev–Trinajstić information content (AvgIpc) is 3.27. The van der Waals surface area contributed by atoms with E-state index in [9.17, 15) is 0 Å². The van der Waals surface area contributed by atoms with Gasteiger partial charge in [-0.3, -0.25) is 0 Å². The van der Waals surface area contributed by atoms with Gasteiger partial charge in [0.05, 0.1) is 0 Å². The van der Waals surface area contributed by atoms with Crippen LogP contribution < -0.4 is 0 Å². The standard InChI is InChI=1S/C56H38/c1-3-13-37(4-2)44-28-30-50-54(33-44)52(46-27-22-39-16-8-9-18-43(39)32-46)36-56-49-31-29-45(38-14-6-5-7-15-38)34-53(49)51(35-55(50)56)42-25-23-41(24-26-42)48-21-12-19-40-17-10-11-20-47(40)48/h3-36H,1-2H2/b37-13+. The van der Waals surface area contributed by atoms with E-state index in [0.717, 1.165) is 11.1 Å². The van der Waals surface area contributed by atoms with Gasteiger partial charge >= 0.3 is 0 Å². The molecule has 0 saturated carbocycles. The minimum absolute atomic E-state index is 1.05. The second-order valence-electron chi connectivity index (χ2n) is 14.6. The van der Waals surface area contributed by atoms with Gasteiger partial charge in [-0.25, -0.2) is 0 Å². The second-order valence-corrected chi connectivity index (χ2v) is 14.6. The lowest BCUT2D eigenvalue weighted by Crippen LogP contribution is -1.92. The summed E-state index contributed by atoms with van der Waals surface area (Å²) in [5, 5.41) is 12.4. The number of hydrogen-bond donors (Lipinski definition) is 0. The first kappa shape index (κ1) is 33.3. The summed E-state index contributed by atoms with van der Waals surface area (Å²) in [7, 11) is 0. The quantitative estimate of drug-likeness (QED) is 0.114. The number of hydrogen-bond acceptors (Lipinski definition) is 0. The van der Waals surface area contributed by atoms with E-state index in [1.807, 2.05) is 18.2 Å². The summed E-state index contributed by atoms with van der Waals surface area (Å²) >= 11 is 0. The SMILES string of the molecule is C=C/C=C(\C=C)c1ccc2c(c1)c(-c1ccc3ccccc3c1)cc1c3ccc(-c4ccccc4)cc3c(-c3ccc(-c4cccc5ccccc45)cc3)cc21. The molecule has 10 aromatic rings. The van der Waals surface area contributed by atoms with Crippen LogP contribution in [-0.2, 0) is 0 Å². The van der Waals surface area contributed by atoms with Gasteiger partial charge < -0.3 is 0 Å². The Kier molecular flexibility index (Phi) is 8.24. The molecule has 262 valence electrons. The molecule has 0 fully saturated rings. The van der Waals surface area contributed by atoms with E-state index in [2.05, 4.69) is 201 Å². The minimum atomic E-state index is 1.05. The molecule has 0 atom stereocenters. The third-order valence-corrected chi connectivity index (χ3v) is 11.4. The Morgan fingerprint density at radius 3 is 1.66 bits per heavy atom. The Hall–Kier alpha value is -7.28. The van der Waals surface area contributed by atoms with E-state index in [0.29, 0.717) is 0 Å². The van der Waals surface area contributed by atoms with Crippen LogP contribution >= 0.6 is 0 Å². The van der Waals surface area contributed by atoms with Crippen LogP contribution in [0.15, 0.2) is 219 Å². The molecular weight excluding hydrogens is 673 g/mol. The molecule has 0 aliphatic carbocycles. The Bertz CT molecular complexity index is 3190. The summed E-state index contributed by atoms with van der Waals surface area (Å²) in [6.07, 6.45) is 5.78. The van der Waals surface area contributed by atoms with Crippen molar-refractivity contribution < 1.29 is 0 Å². The van der Waals surface area contributed by atoms with Crippen molar-refractivity contribution >= 4 is 59.4 Å². The Morgan fingerprint density at radius 1 is 0.321 bits per heavy atom. The highest BCUT2D eigenvalue weighted by molar-refractivity contribution is 6.24. The molecule has 0 aliphatic rings. The number of allylic oxidation sites excluding steroid dienone is 4. The van der Waals surface area contributed by atoms with Gasteiger partial charge in [-0.15, -0.1) is 0 Å². The maximum absolute atomic E-state index is 4.13. The van der Waals surface area contributed by atoms with Gasteiger partial charge in [0, 0.05) is 0 Å². The predicted molar refractivity (Wildman–Crippen MR) is 244 cm³/mol. The zero-order valence-corrected chi connectivity index (χ0v) is 31.0. The van der Waals surface area contributed by atoms with Crippen LogP contribution in [0, 0.1) is 0 Å². The van der Waals surface area contributed by atoms with Gasteiger partial charge in [0.2, 0.25) is 0 Å². The zero-order chi connectivity index (χ0) is 37.6. The molecule has 0 N–H and O–H groups in total. The molecule has 10 aromatic carbocycles. The highest BCUT2D eigenvalue weighted by Crippen LogP contribution is 2.44. The molecule has 0 bridgehead atoms. The van der Waals surface area contributed by atoms with Crippen LogP contribution in [0.1, 0.15) is 5.56 Å². The number of rotatable bonds is 7. The summed E-state index contributed by atoms with van der Waals surface area (Å²) in [5.41, 5.74) is 11.9. The van der Waals surface area contributed by atoms with Crippen molar-refractivity contribution in [1.82, 2.24) is 0 Å². The molecule has 0 nitrogen and oxygen atoms in total. The predicted octanol–water partition coefficient (Wildman–Crippen LogP) is 15.9. The van der Waals surface area contributed by atoms with Crippen molar-refractivity contribution in [2.75, 3.05) is 0 Å². The largest absolute Gasteiger partial charge is 0.0990 e. The minimum Gasteiger partial charge on any atom is -0.0990 e. The van der Waals surface area contributed by atoms with Gasteiger partial charge in [0.1, 0.15) is 0 Å². The third kappa shape index (κ3) is 5.72. The summed E-state index contributed by atoms with van der Waals surface area (Å²) in [6, 6.07) is 69.2. The van der Waals surface area contributed by atoms with Gasteiger partial charge in [-0.2, -0.15) is 0 Å². The Labute approximate surface area is 327 Å². The summed E-state index contributed by atoms with van der Waals surface area (Å²) in [5.74, 6) is 0. The molecule has 0 aliphatic heterocycles. The summed E-state index contributed by atoms with van der Waals surface area (Å²) < 4.78 is 0. The van der Waals surface area contributed by atoms with Crippen LogP contribution in [0.5, 0.6) is 0 Å². The maximum atomic E-state index is 4.13. The normalized spacial score (nSPS) is 11.8. The molecule has 0 heteroatoms. The molecule has 0 unspecified atom stereocenters. The van der Waals surface area contributed by atoms with E-state index >= 15 is 0 Å². The van der Waals surface area contributed by atoms with Gasteiger partial charge in [0.15, 0.2) is 0 Å². The smallest absolute Gasteiger partial charge is 0.00923 e. The summed E-state index contributed by atoms with van der Waals surface area (Å²) in [6.45, 7) is 8.11. The number of benzene rings is 10. The molecule has 0 aromatic heterocycles. The molecular formula is C56H38. The molecule has 0 amide bonds. The van der Waals surface area contributed by atoms with Crippen molar-refractivity contribution in [3.05, 3.63) is 225 Å². The van der Waals surface area contributed by atoms with Crippen LogP contribution in [0.25, 0.3) is 104 Å². The topological polar surface area (TPSA) is 0 Å². The fourth-order valence-corrected chi connectivity index (χ4v) is 8.59. The molecule has 0 spiro atoms. The summed E-state index contributed by atoms with van der Waals surface area (Å²) in [4.78, 5) is 0. The lowest BCUT2D eigenvalue weighted by Gasteiger charge is -2.18. The van der Waals surface area contributed by atoms with Crippen molar-refractivity contribution in [2.24, 2.45) is 0 Å². The number of fused-ring (bicyclic) bond motifs is 7. The van der Waals surface area contributed by atoms with Crippen molar-refractivity contribution in [3.8, 4) is 44.5 Å². The van der Waals surface area contributed by atoms with Crippen molar-refractivity contribution in [3.63, 3.8) is 0 Å². The van der Waals surface area contributed by atoms with Crippen LogP contribution in [0.4, 0.5) is 0 Å². The van der Waals surface area contributed by atoms with Gasteiger partial charge in [-0.05, 0) is 140 Å². The van der Waals surface area contributed by atoms with Crippen molar-refractivity contribution in [1.29, 1.82) is 0 Å². The highest BCUT2D eigenvalue weighted by Gasteiger charge is 2.17. The first-order valence-corrected chi connectivity index (χ1v) is 19.2. The van der Waals surface area contributed by atoms with Gasteiger partial charge in [0.25, 0.3) is 0 Å². The van der Waals surface area contributed by atoms with Crippen molar-refractivity contribution in [2.45, 2.75) is 0 Å².